The second-order valence-corrected chi connectivity index (χ2v) is 6.19. The lowest BCUT2D eigenvalue weighted by molar-refractivity contribution is -0.143. The number of piperazine rings is 1. The number of nitrogens with zero attached hydrogens (tertiary/aromatic N) is 2. The summed E-state index contributed by atoms with van der Waals surface area (Å²) in [6.07, 6.45) is 1.24. The van der Waals surface area contributed by atoms with Crippen LogP contribution in [0.2, 0.25) is 0 Å². The number of ether oxygens (including phenoxy) is 2. The second-order valence-electron chi connectivity index (χ2n) is 6.19. The van der Waals surface area contributed by atoms with Crippen molar-refractivity contribution in [3.8, 4) is 5.75 Å². The van der Waals surface area contributed by atoms with Gasteiger partial charge in [-0.15, -0.1) is 24.8 Å². The lowest BCUT2D eigenvalue weighted by Gasteiger charge is -2.37. The van der Waals surface area contributed by atoms with Crippen molar-refractivity contribution in [3.05, 3.63) is 24.0 Å². The number of halogens is 3. The summed E-state index contributed by atoms with van der Waals surface area (Å²) < 4.78 is 24.3. The molecule has 2 aliphatic heterocycles. The third-order valence-electron chi connectivity index (χ3n) is 4.72. The molecule has 0 bridgehead atoms. The molecular formula is C17H26Cl2FN3O3. The van der Waals surface area contributed by atoms with E-state index in [-0.39, 0.29) is 48.7 Å². The van der Waals surface area contributed by atoms with E-state index in [4.69, 9.17) is 15.2 Å². The van der Waals surface area contributed by atoms with Crippen molar-refractivity contribution in [1.29, 1.82) is 0 Å². The minimum atomic E-state index is -0.356. The summed E-state index contributed by atoms with van der Waals surface area (Å²) in [6, 6.07) is 4.53. The third kappa shape index (κ3) is 4.91. The highest BCUT2D eigenvalue weighted by Crippen LogP contribution is 2.30. The van der Waals surface area contributed by atoms with E-state index in [9.17, 15) is 9.18 Å². The van der Waals surface area contributed by atoms with Gasteiger partial charge in [-0.3, -0.25) is 4.79 Å². The molecule has 9 heteroatoms. The fourth-order valence-electron chi connectivity index (χ4n) is 3.34. The van der Waals surface area contributed by atoms with E-state index in [2.05, 4.69) is 4.90 Å². The van der Waals surface area contributed by atoms with Gasteiger partial charge in [-0.05, 0) is 25.0 Å². The fourth-order valence-corrected chi connectivity index (χ4v) is 3.34. The van der Waals surface area contributed by atoms with Crippen LogP contribution in [0.3, 0.4) is 0 Å². The quantitative estimate of drug-likeness (QED) is 0.821. The molecule has 0 aromatic heterocycles. The molecule has 2 aliphatic rings. The van der Waals surface area contributed by atoms with Crippen molar-refractivity contribution < 1.29 is 18.7 Å². The number of carbonyl (C=O) groups is 1. The number of hydrogen-bond donors (Lipinski definition) is 1. The van der Waals surface area contributed by atoms with Crippen molar-refractivity contribution in [2.75, 3.05) is 44.7 Å². The number of benzene rings is 1. The smallest absolute Gasteiger partial charge is 0.251 e. The predicted molar refractivity (Wildman–Crippen MR) is 103 cm³/mol. The summed E-state index contributed by atoms with van der Waals surface area (Å²) >= 11 is 0. The standard InChI is InChI=1S/C17H24FN3O3.2ClH/c1-23-16-10-12(18)2-4-14(16)20-6-8-21(9-7-20)17(22)15-5-3-13(11-19)24-15;;/h2,4,10,13,15H,3,5-9,11,19H2,1H3;2*1H/t13-,15+;;/m1../s1. The molecule has 2 atom stereocenters. The maximum atomic E-state index is 13.3. The molecule has 26 heavy (non-hydrogen) atoms. The Morgan fingerprint density at radius 1 is 1.27 bits per heavy atom. The summed E-state index contributed by atoms with van der Waals surface area (Å²) in [5.74, 6) is 0.244. The Morgan fingerprint density at radius 3 is 2.54 bits per heavy atom. The van der Waals surface area contributed by atoms with Crippen molar-refractivity contribution in [2.45, 2.75) is 25.0 Å². The Bertz CT molecular complexity index is 601. The Kier molecular flexibility index (Phi) is 8.89. The first kappa shape index (κ1) is 22.8. The largest absolute Gasteiger partial charge is 0.494 e. The number of methoxy groups -OCH3 is 1. The summed E-state index contributed by atoms with van der Waals surface area (Å²) in [5, 5.41) is 0. The van der Waals surface area contributed by atoms with E-state index in [1.165, 1.54) is 19.2 Å². The summed E-state index contributed by atoms with van der Waals surface area (Å²) in [4.78, 5) is 16.5. The topological polar surface area (TPSA) is 68.0 Å². The van der Waals surface area contributed by atoms with E-state index >= 15 is 0 Å². The van der Waals surface area contributed by atoms with Crippen LogP contribution in [0, 0.1) is 5.82 Å². The molecule has 0 radical (unpaired) electrons. The van der Waals surface area contributed by atoms with Crippen LogP contribution in [0.25, 0.3) is 0 Å². The molecule has 1 amide bonds. The van der Waals surface area contributed by atoms with Crippen LogP contribution in [-0.4, -0.2) is 62.8 Å². The van der Waals surface area contributed by atoms with E-state index < -0.39 is 0 Å². The van der Waals surface area contributed by atoms with Crippen LogP contribution in [0.1, 0.15) is 12.8 Å². The number of carbonyl (C=O) groups excluding carboxylic acids is 1. The van der Waals surface area contributed by atoms with Gasteiger partial charge in [-0.2, -0.15) is 0 Å². The molecule has 1 aromatic rings. The first-order valence-electron chi connectivity index (χ1n) is 8.35. The molecule has 0 spiro atoms. The van der Waals surface area contributed by atoms with E-state index in [0.29, 0.717) is 38.5 Å². The molecule has 0 aliphatic carbocycles. The Balaban J connectivity index is 0.00000169. The average Bonchev–Trinajstić information content (AvgIpc) is 3.10. The van der Waals surface area contributed by atoms with Crippen LogP contribution in [-0.2, 0) is 9.53 Å². The lowest BCUT2D eigenvalue weighted by atomic mass is 10.1. The van der Waals surface area contributed by atoms with Gasteiger partial charge in [0.2, 0.25) is 0 Å². The van der Waals surface area contributed by atoms with Gasteiger partial charge in [0.1, 0.15) is 17.7 Å². The van der Waals surface area contributed by atoms with Gasteiger partial charge >= 0.3 is 0 Å². The van der Waals surface area contributed by atoms with E-state index in [1.54, 1.807) is 6.07 Å². The van der Waals surface area contributed by atoms with Gasteiger partial charge in [0, 0.05) is 38.8 Å². The summed E-state index contributed by atoms with van der Waals surface area (Å²) in [6.45, 7) is 3.06. The maximum absolute atomic E-state index is 13.3. The van der Waals surface area contributed by atoms with Crippen LogP contribution in [0.5, 0.6) is 5.75 Å². The molecule has 2 heterocycles. The van der Waals surface area contributed by atoms with Gasteiger partial charge < -0.3 is 25.0 Å². The molecule has 2 fully saturated rings. The number of hydrogen-bond acceptors (Lipinski definition) is 5. The number of anilines is 1. The highest BCUT2D eigenvalue weighted by molar-refractivity contribution is 5.85. The number of rotatable bonds is 4. The first-order valence-corrected chi connectivity index (χ1v) is 8.35. The molecule has 2 N–H and O–H groups in total. The Labute approximate surface area is 165 Å². The van der Waals surface area contributed by atoms with Crippen molar-refractivity contribution in [2.24, 2.45) is 5.73 Å². The van der Waals surface area contributed by atoms with Crippen molar-refractivity contribution >= 4 is 36.4 Å². The van der Waals surface area contributed by atoms with Gasteiger partial charge in [0.05, 0.1) is 18.9 Å². The SMILES string of the molecule is COc1cc(F)ccc1N1CCN(C(=O)[C@@H]2CC[C@H](CN)O2)CC1.Cl.Cl. The van der Waals surface area contributed by atoms with Gasteiger partial charge in [-0.25, -0.2) is 4.39 Å². The fraction of sp³-hybridized carbons (Fsp3) is 0.588. The van der Waals surface area contributed by atoms with E-state index in [0.717, 1.165) is 18.5 Å². The molecule has 0 unspecified atom stereocenters. The summed E-state index contributed by atoms with van der Waals surface area (Å²) in [7, 11) is 1.53. The van der Waals surface area contributed by atoms with Crippen molar-refractivity contribution in [3.63, 3.8) is 0 Å². The van der Waals surface area contributed by atoms with Gasteiger partial charge in [-0.1, -0.05) is 0 Å². The van der Waals surface area contributed by atoms with Crippen LogP contribution in [0.15, 0.2) is 18.2 Å². The van der Waals surface area contributed by atoms with Crippen LogP contribution < -0.4 is 15.4 Å². The predicted octanol–water partition coefficient (Wildman–Crippen LogP) is 1.83. The Hall–Kier alpha value is -1.28. The zero-order valence-electron chi connectivity index (χ0n) is 14.7. The van der Waals surface area contributed by atoms with Crippen LogP contribution >= 0.6 is 24.8 Å². The highest BCUT2D eigenvalue weighted by Gasteiger charge is 2.34. The van der Waals surface area contributed by atoms with Gasteiger partial charge in [0.15, 0.2) is 0 Å². The lowest BCUT2D eigenvalue weighted by Crippen LogP contribution is -2.51. The third-order valence-corrected chi connectivity index (χ3v) is 4.72. The number of amides is 1. The molecule has 2 saturated heterocycles. The molecule has 0 saturated carbocycles. The van der Waals surface area contributed by atoms with E-state index in [1.807, 2.05) is 4.90 Å². The molecular weight excluding hydrogens is 384 g/mol. The normalized spacial score (nSPS) is 22.4. The van der Waals surface area contributed by atoms with Crippen LogP contribution in [0.4, 0.5) is 10.1 Å². The zero-order valence-corrected chi connectivity index (χ0v) is 16.4. The summed E-state index contributed by atoms with van der Waals surface area (Å²) in [5.41, 5.74) is 6.45. The molecule has 6 nitrogen and oxygen atoms in total. The average molecular weight is 410 g/mol. The molecule has 148 valence electrons. The number of nitrogens with two attached hydrogens (primary N) is 1. The molecule has 3 rings (SSSR count). The monoisotopic (exact) mass is 409 g/mol. The molecule has 1 aromatic carbocycles. The minimum Gasteiger partial charge on any atom is -0.494 e. The Morgan fingerprint density at radius 2 is 1.96 bits per heavy atom. The maximum Gasteiger partial charge on any atom is 0.251 e. The van der Waals surface area contributed by atoms with Gasteiger partial charge in [0.25, 0.3) is 5.91 Å². The zero-order chi connectivity index (χ0) is 17.1. The first-order chi connectivity index (χ1) is 11.6. The second kappa shape index (κ2) is 10.2. The highest BCUT2D eigenvalue weighted by atomic mass is 35.5. The van der Waals surface area contributed by atoms with Crippen molar-refractivity contribution in [1.82, 2.24) is 4.90 Å². The minimum absolute atomic E-state index is 0.